The van der Waals surface area contributed by atoms with E-state index in [1.807, 2.05) is 6.92 Å². The quantitative estimate of drug-likeness (QED) is 0.691. The zero-order valence-electron chi connectivity index (χ0n) is 9.03. The van der Waals surface area contributed by atoms with E-state index in [9.17, 15) is 5.11 Å². The van der Waals surface area contributed by atoms with Gasteiger partial charge < -0.3 is 5.11 Å². The second kappa shape index (κ2) is 4.94. The Hall–Kier alpha value is -0.120. The van der Waals surface area contributed by atoms with Crippen molar-refractivity contribution in [3.63, 3.8) is 0 Å². The average Bonchev–Trinajstić information content (AvgIpc) is 2.03. The summed E-state index contributed by atoms with van der Waals surface area (Å²) in [7, 11) is 0. The maximum atomic E-state index is 9.26. The molecule has 13 heavy (non-hydrogen) atoms. The topological polar surface area (TPSA) is 26.7 Å². The molecule has 0 amide bonds. The van der Waals surface area contributed by atoms with Crippen LogP contribution in [0.4, 0.5) is 0 Å². The number of aliphatic hydroxyl groups excluding tert-OH is 1. The monoisotopic (exact) mass is 186 g/mol. The number of β-amino-alcohol motifs (C(OH)–C–C–N with tert-alkyl or cyclic N) is 1. The lowest BCUT2D eigenvalue weighted by molar-refractivity contribution is 0.0539. The molecule has 1 N–H and O–H groups in total. The average molecular weight is 186 g/mol. The van der Waals surface area contributed by atoms with Gasteiger partial charge in [-0.3, -0.25) is 9.80 Å². The van der Waals surface area contributed by atoms with E-state index in [4.69, 9.17) is 0 Å². The van der Waals surface area contributed by atoms with Crippen LogP contribution in [0.15, 0.2) is 0 Å². The highest BCUT2D eigenvalue weighted by atomic mass is 16.3. The predicted octanol–water partition coefficient (Wildman–Crippen LogP) is 0.393. The predicted molar refractivity (Wildman–Crippen MR) is 54.8 cm³/mol. The van der Waals surface area contributed by atoms with Crippen molar-refractivity contribution in [2.24, 2.45) is 0 Å². The molecule has 3 heteroatoms. The fraction of sp³-hybridized carbons (Fsp3) is 1.00. The first kappa shape index (κ1) is 11.0. The van der Waals surface area contributed by atoms with E-state index in [-0.39, 0.29) is 6.10 Å². The molecule has 1 saturated heterocycles. The van der Waals surface area contributed by atoms with Gasteiger partial charge in [0.15, 0.2) is 0 Å². The first-order valence-corrected chi connectivity index (χ1v) is 5.28. The normalized spacial score (nSPS) is 29.1. The molecule has 1 aliphatic rings. The van der Waals surface area contributed by atoms with Crippen LogP contribution in [-0.2, 0) is 0 Å². The molecule has 2 atom stereocenters. The van der Waals surface area contributed by atoms with Crippen LogP contribution in [0.5, 0.6) is 0 Å². The summed E-state index contributed by atoms with van der Waals surface area (Å²) in [6.07, 6.45) is -0.194. The molecule has 1 rings (SSSR count). The highest BCUT2D eigenvalue weighted by Crippen LogP contribution is 2.08. The summed E-state index contributed by atoms with van der Waals surface area (Å²) in [5.41, 5.74) is 0. The number of hydrogen-bond donors (Lipinski definition) is 1. The third-order valence-corrected chi connectivity index (χ3v) is 2.78. The molecule has 1 aliphatic heterocycles. The number of likely N-dealkylation sites (N-methyl/N-ethyl adjacent to an activating group) is 1. The summed E-state index contributed by atoms with van der Waals surface area (Å²) in [6.45, 7) is 11.6. The smallest absolute Gasteiger partial charge is 0.0639 e. The number of rotatable bonds is 3. The minimum atomic E-state index is -0.194. The van der Waals surface area contributed by atoms with Gasteiger partial charge in [0.1, 0.15) is 0 Å². The van der Waals surface area contributed by atoms with Crippen LogP contribution in [0.3, 0.4) is 0 Å². The SMILES string of the molecule is CCN1CCN(C[C@H](C)O)CC1C. The molecule has 0 spiro atoms. The zero-order chi connectivity index (χ0) is 9.84. The van der Waals surface area contributed by atoms with E-state index in [1.165, 1.54) is 0 Å². The van der Waals surface area contributed by atoms with Crippen molar-refractivity contribution in [3.8, 4) is 0 Å². The lowest BCUT2D eigenvalue weighted by atomic mass is 10.2. The third-order valence-electron chi connectivity index (χ3n) is 2.78. The molecule has 0 aromatic rings. The summed E-state index contributed by atoms with van der Waals surface area (Å²) >= 11 is 0. The second-order valence-corrected chi connectivity index (χ2v) is 4.09. The summed E-state index contributed by atoms with van der Waals surface area (Å²) < 4.78 is 0. The van der Waals surface area contributed by atoms with Crippen LogP contribution >= 0.6 is 0 Å². The van der Waals surface area contributed by atoms with E-state index in [0.717, 1.165) is 32.7 Å². The molecule has 0 bridgehead atoms. The van der Waals surface area contributed by atoms with Crippen molar-refractivity contribution in [2.45, 2.75) is 32.9 Å². The highest BCUT2D eigenvalue weighted by molar-refractivity contribution is 4.78. The Morgan fingerprint density at radius 1 is 1.46 bits per heavy atom. The van der Waals surface area contributed by atoms with Gasteiger partial charge in [-0.25, -0.2) is 0 Å². The van der Waals surface area contributed by atoms with E-state index < -0.39 is 0 Å². The highest BCUT2D eigenvalue weighted by Gasteiger charge is 2.22. The van der Waals surface area contributed by atoms with Gasteiger partial charge >= 0.3 is 0 Å². The van der Waals surface area contributed by atoms with Crippen molar-refractivity contribution in [2.75, 3.05) is 32.7 Å². The Morgan fingerprint density at radius 3 is 2.62 bits per heavy atom. The van der Waals surface area contributed by atoms with Crippen molar-refractivity contribution in [1.29, 1.82) is 0 Å². The van der Waals surface area contributed by atoms with Crippen LogP contribution in [-0.4, -0.2) is 59.8 Å². The fourth-order valence-electron chi connectivity index (χ4n) is 2.08. The van der Waals surface area contributed by atoms with Gasteiger partial charge in [0, 0.05) is 32.2 Å². The van der Waals surface area contributed by atoms with Crippen molar-refractivity contribution in [1.82, 2.24) is 9.80 Å². The molecular weight excluding hydrogens is 164 g/mol. The molecule has 0 aromatic carbocycles. The summed E-state index contributed by atoms with van der Waals surface area (Å²) in [5, 5.41) is 9.26. The van der Waals surface area contributed by atoms with Gasteiger partial charge in [-0.1, -0.05) is 6.92 Å². The standard InChI is InChI=1S/C10H22N2O/c1-4-12-6-5-11(7-9(12)2)8-10(3)13/h9-10,13H,4-8H2,1-3H3/t9?,10-/m0/s1. The Balaban J connectivity index is 2.32. The van der Waals surface area contributed by atoms with Gasteiger partial charge in [0.25, 0.3) is 0 Å². The molecule has 1 unspecified atom stereocenters. The second-order valence-electron chi connectivity index (χ2n) is 4.09. The molecule has 0 aromatic heterocycles. The van der Waals surface area contributed by atoms with Crippen LogP contribution in [0, 0.1) is 0 Å². The maximum absolute atomic E-state index is 9.26. The molecule has 1 fully saturated rings. The van der Waals surface area contributed by atoms with Crippen molar-refractivity contribution >= 4 is 0 Å². The molecule has 3 nitrogen and oxygen atoms in total. The van der Waals surface area contributed by atoms with E-state index >= 15 is 0 Å². The molecule has 1 heterocycles. The molecule has 78 valence electrons. The van der Waals surface area contributed by atoms with Crippen LogP contribution in [0.25, 0.3) is 0 Å². The van der Waals surface area contributed by atoms with Crippen LogP contribution in [0.2, 0.25) is 0 Å². The van der Waals surface area contributed by atoms with E-state index in [0.29, 0.717) is 6.04 Å². The Kier molecular flexibility index (Phi) is 4.16. The van der Waals surface area contributed by atoms with E-state index in [1.54, 1.807) is 0 Å². The number of piperazine rings is 1. The lowest BCUT2D eigenvalue weighted by Gasteiger charge is -2.39. The van der Waals surface area contributed by atoms with Crippen molar-refractivity contribution in [3.05, 3.63) is 0 Å². The number of hydrogen-bond acceptors (Lipinski definition) is 3. The Labute approximate surface area is 81.3 Å². The zero-order valence-corrected chi connectivity index (χ0v) is 9.03. The summed E-state index contributed by atoms with van der Waals surface area (Å²) in [4.78, 5) is 4.83. The minimum absolute atomic E-state index is 0.194. The van der Waals surface area contributed by atoms with Crippen molar-refractivity contribution < 1.29 is 5.11 Å². The van der Waals surface area contributed by atoms with E-state index in [2.05, 4.69) is 23.6 Å². The van der Waals surface area contributed by atoms with Gasteiger partial charge in [-0.2, -0.15) is 0 Å². The lowest BCUT2D eigenvalue weighted by Crippen LogP contribution is -2.52. The molecule has 0 radical (unpaired) electrons. The fourth-order valence-corrected chi connectivity index (χ4v) is 2.08. The molecular formula is C10H22N2O. The van der Waals surface area contributed by atoms with Crippen LogP contribution < -0.4 is 0 Å². The molecule has 0 saturated carbocycles. The Bertz CT molecular complexity index is 150. The van der Waals surface area contributed by atoms with Gasteiger partial charge in [0.05, 0.1) is 6.10 Å². The minimum Gasteiger partial charge on any atom is -0.392 e. The number of aliphatic hydroxyl groups is 1. The molecule has 0 aliphatic carbocycles. The third kappa shape index (κ3) is 3.25. The van der Waals surface area contributed by atoms with Gasteiger partial charge in [-0.05, 0) is 20.4 Å². The summed E-state index contributed by atoms with van der Waals surface area (Å²) in [5.74, 6) is 0. The first-order chi connectivity index (χ1) is 6.13. The first-order valence-electron chi connectivity index (χ1n) is 5.28. The van der Waals surface area contributed by atoms with Gasteiger partial charge in [0.2, 0.25) is 0 Å². The maximum Gasteiger partial charge on any atom is 0.0639 e. The number of nitrogens with zero attached hydrogens (tertiary/aromatic N) is 2. The largest absolute Gasteiger partial charge is 0.392 e. The Morgan fingerprint density at radius 2 is 2.15 bits per heavy atom. The van der Waals surface area contributed by atoms with Gasteiger partial charge in [-0.15, -0.1) is 0 Å². The van der Waals surface area contributed by atoms with Crippen LogP contribution in [0.1, 0.15) is 20.8 Å². The summed E-state index contributed by atoms with van der Waals surface area (Å²) in [6, 6.07) is 0.637.